The van der Waals surface area contributed by atoms with Crippen LogP contribution < -0.4 is 4.74 Å². The molecule has 0 aliphatic carbocycles. The van der Waals surface area contributed by atoms with E-state index in [0.29, 0.717) is 12.5 Å². The topological polar surface area (TPSA) is 27.1 Å². The maximum Gasteiger partial charge on any atom is 0.212 e. The van der Waals surface area contributed by atoms with Crippen molar-refractivity contribution in [2.24, 2.45) is 7.05 Å². The fourth-order valence-corrected chi connectivity index (χ4v) is 0.838. The fraction of sp³-hybridized carbons (Fsp3) is 0.375. The van der Waals surface area contributed by atoms with Crippen molar-refractivity contribution in [3.63, 3.8) is 0 Å². The van der Waals surface area contributed by atoms with Gasteiger partial charge in [0.2, 0.25) is 5.88 Å². The monoisotopic (exact) mass is 150 g/mol. The molecule has 0 bridgehead atoms. The minimum absolute atomic E-state index is 0.291. The average Bonchev–Trinajstić information content (AvgIpc) is 2.26. The van der Waals surface area contributed by atoms with Gasteiger partial charge in [0.1, 0.15) is 0 Å². The van der Waals surface area contributed by atoms with Crippen LogP contribution in [-0.2, 0) is 7.05 Å². The molecule has 0 unspecified atom stereocenters. The first-order chi connectivity index (χ1) is 5.24. The molecule has 1 aromatic heterocycles. The van der Waals surface area contributed by atoms with Gasteiger partial charge < -0.3 is 4.74 Å². The smallest absolute Gasteiger partial charge is 0.212 e. The summed E-state index contributed by atoms with van der Waals surface area (Å²) >= 11 is 0. The largest absolute Gasteiger partial charge is 0.465 e. The lowest BCUT2D eigenvalue weighted by molar-refractivity contribution is 0.335. The molecular formula is C8H10N2O. The molecule has 1 aromatic rings. The Morgan fingerprint density at radius 3 is 3.00 bits per heavy atom. The molecule has 0 aromatic carbocycles. The minimum Gasteiger partial charge on any atom is -0.465 e. The molecular weight excluding hydrogens is 140 g/mol. The third-order valence-corrected chi connectivity index (χ3v) is 1.26. The van der Waals surface area contributed by atoms with Crippen LogP contribution in [-0.4, -0.2) is 16.4 Å². The van der Waals surface area contributed by atoms with Crippen LogP contribution in [0.15, 0.2) is 6.07 Å². The number of nitrogens with zero attached hydrogens (tertiary/aromatic N) is 2. The molecule has 0 saturated heterocycles. The van der Waals surface area contributed by atoms with Gasteiger partial charge in [-0.25, -0.2) is 4.68 Å². The molecule has 0 aliphatic rings. The summed E-state index contributed by atoms with van der Waals surface area (Å²) in [7, 11) is 1.82. The summed E-state index contributed by atoms with van der Waals surface area (Å²) in [5.74, 6) is 3.10. The summed E-state index contributed by atoms with van der Waals surface area (Å²) in [5, 5.41) is 4.09. The van der Waals surface area contributed by atoms with Crippen LogP contribution in [0, 0.1) is 19.3 Å². The number of terminal acetylenes is 1. The summed E-state index contributed by atoms with van der Waals surface area (Å²) in [4.78, 5) is 0. The highest BCUT2D eigenvalue weighted by Gasteiger charge is 2.00. The van der Waals surface area contributed by atoms with Crippen molar-refractivity contribution < 1.29 is 4.74 Å². The summed E-state index contributed by atoms with van der Waals surface area (Å²) < 4.78 is 6.83. The van der Waals surface area contributed by atoms with E-state index in [1.54, 1.807) is 4.68 Å². The molecule has 1 heterocycles. The first kappa shape index (κ1) is 7.67. The van der Waals surface area contributed by atoms with E-state index in [4.69, 9.17) is 11.2 Å². The molecule has 3 nitrogen and oxygen atoms in total. The van der Waals surface area contributed by atoms with Crippen molar-refractivity contribution >= 4 is 0 Å². The maximum atomic E-state index is 5.17. The average molecular weight is 150 g/mol. The van der Waals surface area contributed by atoms with Gasteiger partial charge >= 0.3 is 0 Å². The van der Waals surface area contributed by atoms with Crippen LogP contribution in [0.1, 0.15) is 5.69 Å². The quantitative estimate of drug-likeness (QED) is 0.581. The highest BCUT2D eigenvalue weighted by Crippen LogP contribution is 2.09. The number of hydrogen-bond donors (Lipinski definition) is 0. The first-order valence-corrected chi connectivity index (χ1v) is 3.31. The van der Waals surface area contributed by atoms with Gasteiger partial charge in [0.15, 0.2) is 6.61 Å². The molecule has 0 radical (unpaired) electrons. The summed E-state index contributed by atoms with van der Waals surface area (Å²) in [6.07, 6.45) is 5.03. The van der Waals surface area contributed by atoms with E-state index < -0.39 is 0 Å². The van der Waals surface area contributed by atoms with Crippen LogP contribution in [0.25, 0.3) is 0 Å². The Kier molecular flexibility index (Phi) is 2.17. The van der Waals surface area contributed by atoms with E-state index in [0.717, 1.165) is 5.69 Å². The molecule has 58 valence electrons. The second-order valence-corrected chi connectivity index (χ2v) is 2.24. The molecule has 0 fully saturated rings. The normalized spacial score (nSPS) is 9.18. The zero-order valence-electron chi connectivity index (χ0n) is 6.66. The van der Waals surface area contributed by atoms with Gasteiger partial charge in [-0.3, -0.25) is 0 Å². The summed E-state index contributed by atoms with van der Waals surface area (Å²) in [5.41, 5.74) is 0.930. The van der Waals surface area contributed by atoms with E-state index in [2.05, 4.69) is 11.0 Å². The maximum absolute atomic E-state index is 5.17. The summed E-state index contributed by atoms with van der Waals surface area (Å²) in [6.45, 7) is 2.20. The van der Waals surface area contributed by atoms with Crippen molar-refractivity contribution in [2.75, 3.05) is 6.61 Å². The Labute approximate surface area is 66.0 Å². The number of aryl methyl sites for hydroxylation is 2. The summed E-state index contributed by atoms with van der Waals surface area (Å²) in [6, 6.07) is 1.84. The lowest BCUT2D eigenvalue weighted by Crippen LogP contribution is -1.99. The molecule has 1 rings (SSSR count). The lowest BCUT2D eigenvalue weighted by Gasteiger charge is -1.99. The van der Waals surface area contributed by atoms with Crippen molar-refractivity contribution in [3.8, 4) is 18.2 Å². The number of ether oxygens (including phenoxy) is 1. The third-order valence-electron chi connectivity index (χ3n) is 1.26. The van der Waals surface area contributed by atoms with Gasteiger partial charge in [0, 0.05) is 13.1 Å². The molecule has 0 aliphatic heterocycles. The Bertz CT molecular complexity index is 283. The van der Waals surface area contributed by atoms with E-state index in [1.165, 1.54) is 0 Å². The van der Waals surface area contributed by atoms with Gasteiger partial charge in [0.05, 0.1) is 5.69 Å². The third kappa shape index (κ3) is 1.74. The first-order valence-electron chi connectivity index (χ1n) is 3.31. The van der Waals surface area contributed by atoms with Gasteiger partial charge in [-0.2, -0.15) is 5.10 Å². The minimum atomic E-state index is 0.291. The predicted molar refractivity (Wildman–Crippen MR) is 42.3 cm³/mol. The van der Waals surface area contributed by atoms with Crippen LogP contribution in [0.5, 0.6) is 5.88 Å². The van der Waals surface area contributed by atoms with E-state index in [1.807, 2.05) is 20.0 Å². The van der Waals surface area contributed by atoms with Crippen molar-refractivity contribution in [1.82, 2.24) is 9.78 Å². The molecule has 0 N–H and O–H groups in total. The van der Waals surface area contributed by atoms with Gasteiger partial charge in [0.25, 0.3) is 0 Å². The fourth-order valence-electron chi connectivity index (χ4n) is 0.838. The molecule has 0 saturated carbocycles. The number of aromatic nitrogens is 2. The van der Waals surface area contributed by atoms with Gasteiger partial charge in [-0.05, 0) is 6.92 Å². The molecule has 11 heavy (non-hydrogen) atoms. The van der Waals surface area contributed by atoms with Gasteiger partial charge in [-0.1, -0.05) is 5.92 Å². The Morgan fingerprint density at radius 2 is 2.55 bits per heavy atom. The Morgan fingerprint density at radius 1 is 1.82 bits per heavy atom. The van der Waals surface area contributed by atoms with Crippen LogP contribution in [0.3, 0.4) is 0 Å². The Hall–Kier alpha value is -1.43. The molecule has 0 atom stereocenters. The van der Waals surface area contributed by atoms with Crippen LogP contribution in [0.2, 0.25) is 0 Å². The predicted octanol–water partition coefficient (Wildman–Crippen LogP) is 0.741. The van der Waals surface area contributed by atoms with E-state index >= 15 is 0 Å². The molecule has 3 heteroatoms. The van der Waals surface area contributed by atoms with Crippen molar-refractivity contribution in [1.29, 1.82) is 0 Å². The second-order valence-electron chi connectivity index (χ2n) is 2.24. The van der Waals surface area contributed by atoms with Crippen LogP contribution >= 0.6 is 0 Å². The zero-order valence-corrected chi connectivity index (χ0v) is 6.66. The standard InChI is InChI=1S/C8H10N2O/c1-4-5-11-8-6-7(2)9-10(8)3/h1,6H,5H2,2-3H3. The van der Waals surface area contributed by atoms with Gasteiger partial charge in [-0.15, -0.1) is 6.42 Å². The van der Waals surface area contributed by atoms with Crippen molar-refractivity contribution in [2.45, 2.75) is 6.92 Å². The molecule has 0 spiro atoms. The van der Waals surface area contributed by atoms with Crippen LogP contribution in [0.4, 0.5) is 0 Å². The van der Waals surface area contributed by atoms with Crippen molar-refractivity contribution in [3.05, 3.63) is 11.8 Å². The second kappa shape index (κ2) is 3.11. The van der Waals surface area contributed by atoms with E-state index in [9.17, 15) is 0 Å². The van der Waals surface area contributed by atoms with E-state index in [-0.39, 0.29) is 0 Å². The number of hydrogen-bond acceptors (Lipinski definition) is 2. The Balaban J connectivity index is 2.71. The highest BCUT2D eigenvalue weighted by atomic mass is 16.5. The lowest BCUT2D eigenvalue weighted by atomic mass is 10.5. The zero-order chi connectivity index (χ0) is 8.27. The SMILES string of the molecule is C#CCOc1cc(C)nn1C. The number of rotatable bonds is 2. The highest BCUT2D eigenvalue weighted by molar-refractivity contribution is 5.14. The molecule has 0 amide bonds.